The van der Waals surface area contributed by atoms with E-state index in [9.17, 15) is 19.1 Å². The first kappa shape index (κ1) is 24.3. The van der Waals surface area contributed by atoms with Crippen LogP contribution in [0, 0.1) is 17.2 Å². The maximum atomic E-state index is 14.3. The van der Waals surface area contributed by atoms with Gasteiger partial charge in [-0.15, -0.1) is 0 Å². The molecule has 3 N–H and O–H groups in total. The van der Waals surface area contributed by atoms with Gasteiger partial charge in [0, 0.05) is 36.2 Å². The zero-order valence-electron chi connectivity index (χ0n) is 21.2. The number of methoxy groups -OCH3 is 1. The van der Waals surface area contributed by atoms with Gasteiger partial charge in [-0.3, -0.25) is 14.7 Å². The quantitative estimate of drug-likeness (QED) is 0.548. The predicted molar refractivity (Wildman–Crippen MR) is 132 cm³/mol. The number of carbonyl (C=O) groups excluding carboxylic acids is 2. The predicted octanol–water partition coefficient (Wildman–Crippen LogP) is 3.21. The minimum absolute atomic E-state index is 0.0864. The Kier molecular flexibility index (Phi) is 5.78. The Bertz CT molecular complexity index is 1200. The van der Waals surface area contributed by atoms with Crippen LogP contribution in [-0.2, 0) is 4.79 Å². The van der Waals surface area contributed by atoms with Gasteiger partial charge >= 0.3 is 0 Å². The molecule has 2 aromatic heterocycles. The van der Waals surface area contributed by atoms with Crippen LogP contribution in [0.2, 0.25) is 0 Å². The summed E-state index contributed by atoms with van der Waals surface area (Å²) in [4.78, 5) is 32.3. The number of hydrogen-bond acceptors (Lipinski definition) is 6. The van der Waals surface area contributed by atoms with Crippen molar-refractivity contribution in [2.24, 2.45) is 11.3 Å². The molecule has 2 bridgehead atoms. The normalized spacial score (nSPS) is 29.8. The third-order valence-corrected chi connectivity index (χ3v) is 9.47. The Balaban J connectivity index is 1.09. The van der Waals surface area contributed by atoms with Gasteiger partial charge in [-0.25, -0.2) is 9.37 Å². The van der Waals surface area contributed by atoms with Gasteiger partial charge in [-0.05, 0) is 75.7 Å². The number of halogens is 1. The molecule has 2 aromatic rings. The molecule has 4 saturated carbocycles. The number of aromatic amines is 1. The fourth-order valence-corrected chi connectivity index (χ4v) is 6.72. The van der Waals surface area contributed by atoms with Crippen molar-refractivity contribution in [1.29, 1.82) is 0 Å². The topological polar surface area (TPSA) is 120 Å². The number of carbonyl (C=O) groups is 2. The molecule has 9 nitrogen and oxygen atoms in total. The minimum Gasteiger partial charge on any atom is -0.481 e. The van der Waals surface area contributed by atoms with E-state index in [4.69, 9.17) is 4.74 Å². The zero-order chi connectivity index (χ0) is 25.8. The second kappa shape index (κ2) is 8.79. The highest BCUT2D eigenvalue weighted by molar-refractivity contribution is 5.94. The highest BCUT2D eigenvalue weighted by Crippen LogP contribution is 2.53. The van der Waals surface area contributed by atoms with E-state index in [2.05, 4.69) is 20.5 Å². The highest BCUT2D eigenvalue weighted by Gasteiger charge is 2.55. The number of ether oxygens (including phenoxy) is 1. The smallest absolute Gasteiger partial charge is 0.274 e. The van der Waals surface area contributed by atoms with Crippen molar-refractivity contribution in [3.05, 3.63) is 29.8 Å². The van der Waals surface area contributed by atoms with Crippen LogP contribution >= 0.6 is 0 Å². The monoisotopic (exact) mass is 511 g/mol. The van der Waals surface area contributed by atoms with Crippen LogP contribution in [0.5, 0.6) is 5.88 Å². The molecule has 1 spiro atoms. The Labute approximate surface area is 215 Å². The summed E-state index contributed by atoms with van der Waals surface area (Å²) in [7, 11) is 1.45. The van der Waals surface area contributed by atoms with Gasteiger partial charge in [0.25, 0.3) is 5.91 Å². The van der Waals surface area contributed by atoms with E-state index in [1.165, 1.54) is 13.2 Å². The van der Waals surface area contributed by atoms with Gasteiger partial charge in [0.15, 0.2) is 11.5 Å². The maximum absolute atomic E-state index is 14.3. The first-order valence-corrected chi connectivity index (χ1v) is 13.3. The molecule has 0 unspecified atom stereocenters. The summed E-state index contributed by atoms with van der Waals surface area (Å²) in [5, 5.41) is 20.7. The average Bonchev–Trinajstić information content (AvgIpc) is 3.49. The van der Waals surface area contributed by atoms with E-state index in [0.29, 0.717) is 31.6 Å². The van der Waals surface area contributed by atoms with Crippen molar-refractivity contribution >= 4 is 11.8 Å². The Morgan fingerprint density at radius 2 is 1.92 bits per heavy atom. The van der Waals surface area contributed by atoms with E-state index >= 15 is 0 Å². The second-order valence-electron chi connectivity index (χ2n) is 11.7. The van der Waals surface area contributed by atoms with Crippen LogP contribution in [-0.4, -0.2) is 68.3 Å². The molecule has 2 amide bonds. The molecule has 5 fully saturated rings. The van der Waals surface area contributed by atoms with Crippen molar-refractivity contribution in [2.75, 3.05) is 20.2 Å². The number of H-pyrrole nitrogens is 1. The second-order valence-corrected chi connectivity index (χ2v) is 11.7. The van der Waals surface area contributed by atoms with Crippen LogP contribution in [0.4, 0.5) is 4.39 Å². The largest absolute Gasteiger partial charge is 0.481 e. The third-order valence-electron chi connectivity index (χ3n) is 9.47. The lowest BCUT2D eigenvalue weighted by Crippen LogP contribution is -2.53. The first-order chi connectivity index (χ1) is 17.7. The number of nitrogens with zero attached hydrogens (tertiary/aromatic N) is 3. The SMILES string of the molecule is COc1cc(-c2cc(C(=O)N3CC[C@H](C(=O)NCC45CCC(O)(CC4)CC5)CC34CC4)n[nH]2)c(F)cn1. The Morgan fingerprint density at radius 1 is 1.19 bits per heavy atom. The number of aromatic nitrogens is 3. The number of hydrogen-bond donors (Lipinski definition) is 3. The molecule has 1 atom stereocenters. The third kappa shape index (κ3) is 4.39. The first-order valence-electron chi connectivity index (χ1n) is 13.3. The number of likely N-dealkylation sites (tertiary alicyclic amines) is 1. The van der Waals surface area contributed by atoms with Crippen LogP contribution < -0.4 is 10.1 Å². The molecular weight excluding hydrogens is 477 g/mol. The number of nitrogens with one attached hydrogen (secondary N) is 2. The Hall–Kier alpha value is -3.01. The van der Waals surface area contributed by atoms with Crippen LogP contribution in [0.1, 0.15) is 74.7 Å². The molecular formula is C27H34FN5O4. The van der Waals surface area contributed by atoms with E-state index in [1.807, 2.05) is 4.90 Å². The summed E-state index contributed by atoms with van der Waals surface area (Å²) in [5.74, 6) is -0.491. The van der Waals surface area contributed by atoms with Crippen LogP contribution in [0.15, 0.2) is 18.3 Å². The summed E-state index contributed by atoms with van der Waals surface area (Å²) in [6.45, 7) is 1.18. The molecule has 0 aromatic carbocycles. The van der Waals surface area contributed by atoms with Crippen LogP contribution in [0.25, 0.3) is 11.3 Å². The average molecular weight is 512 g/mol. The zero-order valence-corrected chi connectivity index (χ0v) is 21.2. The van der Waals surface area contributed by atoms with Gasteiger partial charge < -0.3 is 20.1 Å². The number of amides is 2. The Morgan fingerprint density at radius 3 is 2.59 bits per heavy atom. The van der Waals surface area contributed by atoms with Gasteiger partial charge in [-0.1, -0.05) is 0 Å². The standard InChI is InChI=1S/C27H34FN5O4/c1-37-22-12-18(19(28)15-29-22)20-13-21(32-31-20)24(35)33-11-2-17(14-26(33)6-7-26)23(34)30-16-25-3-8-27(36,9-4-25)10-5-25/h12-13,15,17,36H,2-11,14,16H2,1H3,(H,30,34)(H,31,32)/t17-,25?,27?/m0/s1. The molecule has 37 heavy (non-hydrogen) atoms. The lowest BCUT2D eigenvalue weighted by Gasteiger charge is -2.51. The number of piperidine rings is 1. The fourth-order valence-electron chi connectivity index (χ4n) is 6.72. The van der Waals surface area contributed by atoms with E-state index < -0.39 is 11.4 Å². The van der Waals surface area contributed by atoms with Gasteiger partial charge in [0.2, 0.25) is 11.8 Å². The van der Waals surface area contributed by atoms with Crippen molar-refractivity contribution in [1.82, 2.24) is 25.4 Å². The summed E-state index contributed by atoms with van der Waals surface area (Å²) in [6.07, 6.45) is 9.52. The summed E-state index contributed by atoms with van der Waals surface area (Å²) in [5.41, 5.74) is 0.195. The van der Waals surface area contributed by atoms with Crippen molar-refractivity contribution in [3.8, 4) is 17.1 Å². The van der Waals surface area contributed by atoms with Gasteiger partial charge in [0.05, 0.1) is 24.6 Å². The minimum atomic E-state index is -0.536. The van der Waals surface area contributed by atoms with Gasteiger partial charge in [0.1, 0.15) is 0 Å². The van der Waals surface area contributed by atoms with Gasteiger partial charge in [-0.2, -0.15) is 5.10 Å². The summed E-state index contributed by atoms with van der Waals surface area (Å²) in [6, 6.07) is 3.02. The molecule has 0 radical (unpaired) electrons. The number of pyridine rings is 1. The number of fused-ring (bicyclic) bond motifs is 3. The van der Waals surface area contributed by atoms with Crippen LogP contribution in [0.3, 0.4) is 0 Å². The molecule has 3 heterocycles. The lowest BCUT2D eigenvalue weighted by atomic mass is 9.58. The molecule has 198 valence electrons. The molecule has 4 aliphatic carbocycles. The molecule has 7 rings (SSSR count). The molecule has 10 heteroatoms. The molecule has 1 saturated heterocycles. The van der Waals surface area contributed by atoms with E-state index in [1.54, 1.807) is 6.07 Å². The summed E-state index contributed by atoms with van der Waals surface area (Å²) < 4.78 is 19.4. The fraction of sp³-hybridized carbons (Fsp3) is 0.630. The molecule has 5 aliphatic rings. The van der Waals surface area contributed by atoms with Crippen molar-refractivity contribution < 1.29 is 23.8 Å². The van der Waals surface area contributed by atoms with Crippen molar-refractivity contribution in [3.63, 3.8) is 0 Å². The van der Waals surface area contributed by atoms with E-state index in [0.717, 1.165) is 57.6 Å². The number of rotatable bonds is 6. The molecule has 1 aliphatic heterocycles. The van der Waals surface area contributed by atoms with Crippen molar-refractivity contribution in [2.45, 2.75) is 75.3 Å². The summed E-state index contributed by atoms with van der Waals surface area (Å²) >= 11 is 0. The maximum Gasteiger partial charge on any atom is 0.274 e. The lowest BCUT2D eigenvalue weighted by molar-refractivity contribution is -0.129. The highest BCUT2D eigenvalue weighted by atomic mass is 19.1. The number of aliphatic hydroxyl groups is 1. The van der Waals surface area contributed by atoms with E-state index in [-0.39, 0.29) is 45.8 Å².